The van der Waals surface area contributed by atoms with Crippen LogP contribution in [-0.4, -0.2) is 18.6 Å². The SMILES string of the molecule is C[C@H]1CCC[C@H](NC(=O)COc2ccccc2)C1. The van der Waals surface area contributed by atoms with E-state index in [1.165, 1.54) is 12.8 Å². The van der Waals surface area contributed by atoms with E-state index in [2.05, 4.69) is 12.2 Å². The number of ether oxygens (including phenoxy) is 1. The van der Waals surface area contributed by atoms with Crippen LogP contribution in [0.4, 0.5) is 0 Å². The van der Waals surface area contributed by atoms with Crippen molar-refractivity contribution in [3.63, 3.8) is 0 Å². The lowest BCUT2D eigenvalue weighted by Gasteiger charge is -2.27. The molecule has 1 aromatic rings. The Morgan fingerprint density at radius 1 is 1.33 bits per heavy atom. The highest BCUT2D eigenvalue weighted by atomic mass is 16.5. The van der Waals surface area contributed by atoms with Crippen molar-refractivity contribution in [2.75, 3.05) is 6.61 Å². The first-order chi connectivity index (χ1) is 8.74. The Kier molecular flexibility index (Phi) is 4.62. The molecule has 0 heterocycles. The van der Waals surface area contributed by atoms with Crippen LogP contribution in [0.15, 0.2) is 30.3 Å². The summed E-state index contributed by atoms with van der Waals surface area (Å²) in [5.74, 6) is 1.45. The molecule has 3 nitrogen and oxygen atoms in total. The summed E-state index contributed by atoms with van der Waals surface area (Å²) in [5, 5.41) is 3.06. The molecule has 2 rings (SSSR count). The molecule has 0 unspecified atom stereocenters. The summed E-state index contributed by atoms with van der Waals surface area (Å²) in [6.45, 7) is 2.35. The van der Waals surface area contributed by atoms with E-state index < -0.39 is 0 Å². The molecule has 1 N–H and O–H groups in total. The highest BCUT2D eigenvalue weighted by Crippen LogP contribution is 2.23. The first kappa shape index (κ1) is 12.9. The summed E-state index contributed by atoms with van der Waals surface area (Å²) in [6.07, 6.45) is 4.69. The minimum atomic E-state index is -0.0158. The number of carbonyl (C=O) groups excluding carboxylic acids is 1. The van der Waals surface area contributed by atoms with Gasteiger partial charge in [0.05, 0.1) is 0 Å². The zero-order valence-corrected chi connectivity index (χ0v) is 10.9. The first-order valence-corrected chi connectivity index (χ1v) is 6.71. The molecule has 1 aliphatic carbocycles. The summed E-state index contributed by atoms with van der Waals surface area (Å²) >= 11 is 0. The lowest BCUT2D eigenvalue weighted by Crippen LogP contribution is -2.40. The molecule has 0 aliphatic heterocycles. The molecule has 1 aromatic carbocycles. The number of nitrogens with one attached hydrogen (secondary N) is 1. The molecule has 98 valence electrons. The van der Waals surface area contributed by atoms with Crippen LogP contribution in [-0.2, 0) is 4.79 Å². The van der Waals surface area contributed by atoms with Crippen molar-refractivity contribution >= 4 is 5.91 Å². The van der Waals surface area contributed by atoms with Crippen LogP contribution in [0, 0.1) is 5.92 Å². The molecule has 0 radical (unpaired) electrons. The second-order valence-corrected chi connectivity index (χ2v) is 5.14. The number of para-hydroxylation sites is 1. The van der Waals surface area contributed by atoms with Crippen LogP contribution in [0.3, 0.4) is 0 Å². The molecule has 0 saturated heterocycles. The van der Waals surface area contributed by atoms with Gasteiger partial charge in [-0.25, -0.2) is 0 Å². The standard InChI is InChI=1S/C15H21NO2/c1-12-6-5-7-13(10-12)16-15(17)11-18-14-8-3-2-4-9-14/h2-4,8-9,12-13H,5-7,10-11H2,1H3,(H,16,17)/t12-,13-/m0/s1. The normalized spacial score (nSPS) is 23.4. The lowest BCUT2D eigenvalue weighted by atomic mass is 9.87. The topological polar surface area (TPSA) is 38.3 Å². The van der Waals surface area contributed by atoms with Gasteiger partial charge in [0.1, 0.15) is 5.75 Å². The molecular formula is C15H21NO2. The molecule has 1 fully saturated rings. The maximum atomic E-state index is 11.8. The van der Waals surface area contributed by atoms with E-state index in [0.29, 0.717) is 6.04 Å². The van der Waals surface area contributed by atoms with Gasteiger partial charge in [-0.05, 0) is 30.9 Å². The molecule has 0 bridgehead atoms. The van der Waals surface area contributed by atoms with Gasteiger partial charge in [0.15, 0.2) is 6.61 Å². The first-order valence-electron chi connectivity index (χ1n) is 6.71. The van der Waals surface area contributed by atoms with Crippen LogP contribution in [0.5, 0.6) is 5.75 Å². The maximum Gasteiger partial charge on any atom is 0.258 e. The van der Waals surface area contributed by atoms with Crippen LogP contribution in [0.2, 0.25) is 0 Å². The Bertz CT molecular complexity index is 377. The Labute approximate surface area is 109 Å². The highest BCUT2D eigenvalue weighted by molar-refractivity contribution is 5.77. The maximum absolute atomic E-state index is 11.8. The largest absolute Gasteiger partial charge is 0.484 e. The lowest BCUT2D eigenvalue weighted by molar-refractivity contribution is -0.124. The fourth-order valence-corrected chi connectivity index (χ4v) is 2.50. The van der Waals surface area contributed by atoms with Gasteiger partial charge in [0.2, 0.25) is 0 Å². The van der Waals surface area contributed by atoms with E-state index in [-0.39, 0.29) is 12.5 Å². The van der Waals surface area contributed by atoms with Crippen molar-refractivity contribution < 1.29 is 9.53 Å². The van der Waals surface area contributed by atoms with E-state index in [0.717, 1.165) is 24.5 Å². The second kappa shape index (κ2) is 6.43. The average Bonchev–Trinajstić information content (AvgIpc) is 2.38. The van der Waals surface area contributed by atoms with Crippen LogP contribution >= 0.6 is 0 Å². The quantitative estimate of drug-likeness (QED) is 0.888. The van der Waals surface area contributed by atoms with Gasteiger partial charge in [-0.1, -0.05) is 38.0 Å². The van der Waals surface area contributed by atoms with E-state index in [1.807, 2.05) is 30.3 Å². The number of benzene rings is 1. The zero-order valence-electron chi connectivity index (χ0n) is 10.9. The van der Waals surface area contributed by atoms with E-state index in [1.54, 1.807) is 0 Å². The van der Waals surface area contributed by atoms with Crippen molar-refractivity contribution in [1.29, 1.82) is 0 Å². The van der Waals surface area contributed by atoms with Crippen molar-refractivity contribution in [3.8, 4) is 5.75 Å². The molecule has 2 atom stereocenters. The van der Waals surface area contributed by atoms with Crippen LogP contribution in [0.1, 0.15) is 32.6 Å². The monoisotopic (exact) mass is 247 g/mol. The summed E-state index contributed by atoms with van der Waals surface area (Å²) in [5.41, 5.74) is 0. The van der Waals surface area contributed by atoms with Gasteiger partial charge >= 0.3 is 0 Å². The number of hydrogen-bond donors (Lipinski definition) is 1. The Balaban J connectivity index is 1.72. The molecule has 18 heavy (non-hydrogen) atoms. The van der Waals surface area contributed by atoms with Crippen LogP contribution in [0.25, 0.3) is 0 Å². The Hall–Kier alpha value is -1.51. The Morgan fingerprint density at radius 3 is 2.83 bits per heavy atom. The zero-order chi connectivity index (χ0) is 12.8. The third-order valence-electron chi connectivity index (χ3n) is 3.41. The average molecular weight is 247 g/mol. The van der Waals surface area contributed by atoms with E-state index in [4.69, 9.17) is 4.74 Å². The Morgan fingerprint density at radius 2 is 2.11 bits per heavy atom. The number of rotatable bonds is 4. The molecule has 1 aliphatic rings. The van der Waals surface area contributed by atoms with Crippen molar-refractivity contribution in [2.24, 2.45) is 5.92 Å². The molecule has 1 saturated carbocycles. The summed E-state index contributed by atoms with van der Waals surface area (Å²) in [4.78, 5) is 11.8. The predicted molar refractivity (Wildman–Crippen MR) is 71.5 cm³/mol. The number of amides is 1. The van der Waals surface area contributed by atoms with E-state index in [9.17, 15) is 4.79 Å². The summed E-state index contributed by atoms with van der Waals surface area (Å²) in [7, 11) is 0. The van der Waals surface area contributed by atoms with Gasteiger partial charge in [-0.3, -0.25) is 4.79 Å². The van der Waals surface area contributed by atoms with E-state index >= 15 is 0 Å². The number of hydrogen-bond acceptors (Lipinski definition) is 2. The van der Waals surface area contributed by atoms with Gasteiger partial charge in [-0.15, -0.1) is 0 Å². The van der Waals surface area contributed by atoms with Gasteiger partial charge in [-0.2, -0.15) is 0 Å². The molecule has 0 spiro atoms. The molecule has 1 amide bonds. The van der Waals surface area contributed by atoms with Gasteiger partial charge in [0, 0.05) is 6.04 Å². The van der Waals surface area contributed by atoms with Gasteiger partial charge in [0.25, 0.3) is 5.91 Å². The fourth-order valence-electron chi connectivity index (χ4n) is 2.50. The summed E-state index contributed by atoms with van der Waals surface area (Å²) in [6, 6.07) is 9.77. The van der Waals surface area contributed by atoms with Crippen LogP contribution < -0.4 is 10.1 Å². The molecular weight excluding hydrogens is 226 g/mol. The molecule has 0 aromatic heterocycles. The minimum Gasteiger partial charge on any atom is -0.484 e. The predicted octanol–water partition coefficient (Wildman–Crippen LogP) is 2.76. The smallest absolute Gasteiger partial charge is 0.258 e. The van der Waals surface area contributed by atoms with Crippen molar-refractivity contribution in [3.05, 3.63) is 30.3 Å². The molecule has 3 heteroatoms. The number of carbonyl (C=O) groups is 1. The van der Waals surface area contributed by atoms with Crippen molar-refractivity contribution in [2.45, 2.75) is 38.6 Å². The second-order valence-electron chi connectivity index (χ2n) is 5.14. The summed E-state index contributed by atoms with van der Waals surface area (Å²) < 4.78 is 5.42. The van der Waals surface area contributed by atoms with Gasteiger partial charge < -0.3 is 10.1 Å². The minimum absolute atomic E-state index is 0.0158. The highest BCUT2D eigenvalue weighted by Gasteiger charge is 2.20. The van der Waals surface area contributed by atoms with Crippen molar-refractivity contribution in [1.82, 2.24) is 5.32 Å². The third kappa shape index (κ3) is 4.06. The third-order valence-corrected chi connectivity index (χ3v) is 3.41. The fraction of sp³-hybridized carbons (Fsp3) is 0.533.